The minimum absolute atomic E-state index is 0.0746. The highest BCUT2D eigenvalue weighted by atomic mass is 35.5. The van der Waals surface area contributed by atoms with Crippen molar-refractivity contribution in [1.29, 1.82) is 0 Å². The smallest absolute Gasteiger partial charge is 0.273 e. The fourth-order valence-corrected chi connectivity index (χ4v) is 3.58. The molecular formula is C20H17ClN4O4. The van der Waals surface area contributed by atoms with Crippen molar-refractivity contribution in [2.24, 2.45) is 0 Å². The summed E-state index contributed by atoms with van der Waals surface area (Å²) in [5.41, 5.74) is 1.46. The van der Waals surface area contributed by atoms with E-state index in [4.69, 9.17) is 16.1 Å². The van der Waals surface area contributed by atoms with E-state index in [1.54, 1.807) is 48.2 Å². The normalized spacial score (nSPS) is 16.2. The van der Waals surface area contributed by atoms with Crippen molar-refractivity contribution in [3.63, 3.8) is 0 Å². The molecule has 8 nitrogen and oxygen atoms in total. The molecule has 148 valence electrons. The molecule has 0 bridgehead atoms. The topological polar surface area (TPSA) is 102 Å². The molecule has 1 unspecified atom stereocenters. The number of aryl methyl sites for hydroxylation is 1. The van der Waals surface area contributed by atoms with Crippen LogP contribution in [0, 0.1) is 17.0 Å². The monoisotopic (exact) mass is 412 g/mol. The third-order valence-electron chi connectivity index (χ3n) is 5.00. The van der Waals surface area contributed by atoms with E-state index in [1.807, 2.05) is 0 Å². The Hall–Kier alpha value is -3.26. The van der Waals surface area contributed by atoms with Crippen LogP contribution < -0.4 is 0 Å². The number of aromatic nitrogens is 2. The number of nitro benzene ring substituents is 1. The maximum Gasteiger partial charge on any atom is 0.273 e. The molecule has 0 spiro atoms. The average molecular weight is 413 g/mol. The molecular weight excluding hydrogens is 396 g/mol. The summed E-state index contributed by atoms with van der Waals surface area (Å²) in [4.78, 5) is 29.8. The van der Waals surface area contributed by atoms with E-state index in [-0.39, 0.29) is 23.2 Å². The lowest BCUT2D eigenvalue weighted by Crippen LogP contribution is -2.30. The number of hydrogen-bond acceptors (Lipinski definition) is 6. The van der Waals surface area contributed by atoms with Crippen molar-refractivity contribution in [2.75, 3.05) is 6.54 Å². The molecule has 1 amide bonds. The van der Waals surface area contributed by atoms with Crippen LogP contribution in [0.25, 0.3) is 11.4 Å². The van der Waals surface area contributed by atoms with Crippen molar-refractivity contribution >= 4 is 23.2 Å². The molecule has 1 aliphatic rings. The zero-order chi connectivity index (χ0) is 20.5. The number of rotatable bonds is 4. The molecule has 1 aliphatic heterocycles. The molecule has 2 aromatic carbocycles. The van der Waals surface area contributed by atoms with E-state index in [9.17, 15) is 14.9 Å². The lowest BCUT2D eigenvalue weighted by Gasteiger charge is -2.22. The van der Waals surface area contributed by atoms with Crippen LogP contribution in [0.15, 0.2) is 47.0 Å². The third kappa shape index (κ3) is 3.71. The maximum atomic E-state index is 13.0. The minimum Gasteiger partial charge on any atom is -0.337 e. The summed E-state index contributed by atoms with van der Waals surface area (Å²) in [6.07, 6.45) is 1.46. The van der Waals surface area contributed by atoms with Crippen molar-refractivity contribution in [1.82, 2.24) is 15.0 Å². The summed E-state index contributed by atoms with van der Waals surface area (Å²) in [6.45, 7) is 2.16. The summed E-state index contributed by atoms with van der Waals surface area (Å²) in [6, 6.07) is 11.2. The maximum absolute atomic E-state index is 13.0. The van der Waals surface area contributed by atoms with Gasteiger partial charge in [0.1, 0.15) is 6.04 Å². The number of benzene rings is 2. The SMILES string of the molecule is Cc1ccc(C(=O)N2CCCC2c2nc(-c3ccc(Cl)cc3)no2)cc1[N+](=O)[O-]. The Morgan fingerprint density at radius 3 is 2.76 bits per heavy atom. The Morgan fingerprint density at radius 2 is 2.03 bits per heavy atom. The number of hydrogen-bond donors (Lipinski definition) is 0. The van der Waals surface area contributed by atoms with E-state index in [0.717, 1.165) is 12.0 Å². The van der Waals surface area contributed by atoms with Gasteiger partial charge in [0.25, 0.3) is 11.6 Å². The summed E-state index contributed by atoms with van der Waals surface area (Å²) in [5, 5.41) is 15.8. The molecule has 1 aromatic heterocycles. The van der Waals surface area contributed by atoms with Crippen molar-refractivity contribution in [3.8, 4) is 11.4 Å². The van der Waals surface area contributed by atoms with Crippen LogP contribution in [0.3, 0.4) is 0 Å². The number of likely N-dealkylation sites (tertiary alicyclic amines) is 1. The third-order valence-corrected chi connectivity index (χ3v) is 5.25. The van der Waals surface area contributed by atoms with Crippen molar-refractivity contribution < 1.29 is 14.2 Å². The molecule has 1 saturated heterocycles. The first-order valence-corrected chi connectivity index (χ1v) is 9.47. The van der Waals surface area contributed by atoms with Gasteiger partial charge in [-0.2, -0.15) is 4.98 Å². The van der Waals surface area contributed by atoms with Crippen molar-refractivity contribution in [2.45, 2.75) is 25.8 Å². The molecule has 0 aliphatic carbocycles. The van der Waals surface area contributed by atoms with E-state index in [0.29, 0.717) is 35.3 Å². The molecule has 1 atom stereocenters. The largest absolute Gasteiger partial charge is 0.337 e. The summed E-state index contributed by atoms with van der Waals surface area (Å²) < 4.78 is 5.43. The Morgan fingerprint density at radius 1 is 1.28 bits per heavy atom. The van der Waals surface area contributed by atoms with Gasteiger partial charge in [-0.1, -0.05) is 22.8 Å². The van der Waals surface area contributed by atoms with Crippen LogP contribution in [0.1, 0.15) is 40.7 Å². The van der Waals surface area contributed by atoms with E-state index in [1.165, 1.54) is 6.07 Å². The molecule has 2 heterocycles. The molecule has 9 heteroatoms. The predicted molar refractivity (Wildman–Crippen MR) is 106 cm³/mol. The van der Waals surface area contributed by atoms with Crippen LogP contribution in [0.2, 0.25) is 5.02 Å². The highest BCUT2D eigenvalue weighted by Gasteiger charge is 2.35. The Balaban J connectivity index is 1.60. The first-order chi connectivity index (χ1) is 13.9. The van der Waals surface area contributed by atoms with Crippen LogP contribution in [0.4, 0.5) is 5.69 Å². The zero-order valence-corrected chi connectivity index (χ0v) is 16.3. The second-order valence-electron chi connectivity index (χ2n) is 6.88. The van der Waals surface area contributed by atoms with Gasteiger partial charge in [-0.25, -0.2) is 0 Å². The predicted octanol–water partition coefficient (Wildman–Crippen LogP) is 4.58. The summed E-state index contributed by atoms with van der Waals surface area (Å²) in [7, 11) is 0. The highest BCUT2D eigenvalue weighted by molar-refractivity contribution is 6.30. The lowest BCUT2D eigenvalue weighted by atomic mass is 10.1. The fraction of sp³-hybridized carbons (Fsp3) is 0.250. The molecule has 0 saturated carbocycles. The molecule has 4 rings (SSSR count). The Labute approximate surface area is 171 Å². The lowest BCUT2D eigenvalue weighted by molar-refractivity contribution is -0.385. The van der Waals surface area contributed by atoms with Gasteiger partial charge < -0.3 is 9.42 Å². The number of halogens is 1. The van der Waals surface area contributed by atoms with Gasteiger partial charge >= 0.3 is 0 Å². The fourth-order valence-electron chi connectivity index (χ4n) is 3.46. The second kappa shape index (κ2) is 7.63. The van der Waals surface area contributed by atoms with Gasteiger partial charge in [-0.15, -0.1) is 0 Å². The van der Waals surface area contributed by atoms with Crippen LogP contribution in [0.5, 0.6) is 0 Å². The van der Waals surface area contributed by atoms with Crippen molar-refractivity contribution in [3.05, 3.63) is 74.6 Å². The standard InChI is InChI=1S/C20H17ClN4O4/c1-12-4-5-14(11-17(12)25(27)28)20(26)24-10-2-3-16(24)19-22-18(23-29-19)13-6-8-15(21)9-7-13/h4-9,11,16H,2-3,10H2,1H3. The van der Waals surface area contributed by atoms with Crippen LogP contribution >= 0.6 is 11.6 Å². The number of nitrogens with zero attached hydrogens (tertiary/aromatic N) is 4. The van der Waals surface area contributed by atoms with Gasteiger partial charge in [0.15, 0.2) is 0 Å². The van der Waals surface area contributed by atoms with Gasteiger partial charge in [-0.05, 0) is 50.1 Å². The molecule has 0 radical (unpaired) electrons. The van der Waals surface area contributed by atoms with Gasteiger partial charge in [0.2, 0.25) is 11.7 Å². The van der Waals surface area contributed by atoms with E-state index < -0.39 is 4.92 Å². The molecule has 29 heavy (non-hydrogen) atoms. The zero-order valence-electron chi connectivity index (χ0n) is 15.5. The second-order valence-corrected chi connectivity index (χ2v) is 7.31. The first kappa shape index (κ1) is 19.1. The highest BCUT2D eigenvalue weighted by Crippen LogP contribution is 2.34. The summed E-state index contributed by atoms with van der Waals surface area (Å²) >= 11 is 5.91. The van der Waals surface area contributed by atoms with Gasteiger partial charge in [0, 0.05) is 34.3 Å². The average Bonchev–Trinajstić information content (AvgIpc) is 3.37. The van der Waals surface area contributed by atoms with E-state index in [2.05, 4.69) is 10.1 Å². The van der Waals surface area contributed by atoms with Crippen LogP contribution in [-0.4, -0.2) is 32.4 Å². The molecule has 1 fully saturated rings. The van der Waals surface area contributed by atoms with Gasteiger partial charge in [0.05, 0.1) is 4.92 Å². The first-order valence-electron chi connectivity index (χ1n) is 9.09. The van der Waals surface area contributed by atoms with E-state index >= 15 is 0 Å². The van der Waals surface area contributed by atoms with Crippen LogP contribution in [-0.2, 0) is 0 Å². The number of carbonyl (C=O) groups is 1. The number of carbonyl (C=O) groups excluding carboxylic acids is 1. The Bertz CT molecular complexity index is 1080. The molecule has 0 N–H and O–H groups in total. The quantitative estimate of drug-likeness (QED) is 0.459. The minimum atomic E-state index is -0.482. The molecule has 3 aromatic rings. The summed E-state index contributed by atoms with van der Waals surface area (Å²) in [5.74, 6) is 0.478. The van der Waals surface area contributed by atoms with Gasteiger partial charge in [-0.3, -0.25) is 14.9 Å². The number of nitro groups is 1. The number of amides is 1. The Kier molecular flexibility index (Phi) is 5.02.